The molecular weight excluding hydrogens is 180 g/mol. The van der Waals surface area contributed by atoms with E-state index in [1.165, 1.54) is 0 Å². The molecule has 0 rings (SSSR count). The van der Waals surface area contributed by atoms with Crippen LogP contribution in [0.3, 0.4) is 0 Å². The van der Waals surface area contributed by atoms with E-state index < -0.39 is 12.1 Å². The number of carbonyl (C=O) groups is 1. The van der Waals surface area contributed by atoms with E-state index >= 15 is 0 Å². The van der Waals surface area contributed by atoms with E-state index in [2.05, 4.69) is 9.68 Å². The molecule has 0 bridgehead atoms. The normalized spacial score (nSPS) is 12.8. The second kappa shape index (κ2) is 7.90. The lowest BCUT2D eigenvalue weighted by Gasteiger charge is -2.11. The van der Waals surface area contributed by atoms with Crippen molar-refractivity contribution in [2.75, 3.05) is 19.8 Å². The first kappa shape index (κ1) is 12.3. The number of hydrogen-bond acceptors (Lipinski definition) is 6. The molecule has 1 atom stereocenters. The summed E-state index contributed by atoms with van der Waals surface area (Å²) in [6, 6.07) is 0. The van der Waals surface area contributed by atoms with Gasteiger partial charge in [-0.1, -0.05) is 0 Å². The molecule has 5 N–H and O–H groups in total. The second-order valence-electron chi connectivity index (χ2n) is 2.30. The molecule has 0 heterocycles. The van der Waals surface area contributed by atoms with Crippen LogP contribution >= 0.6 is 0 Å². The van der Waals surface area contributed by atoms with Crippen molar-refractivity contribution in [1.29, 1.82) is 0 Å². The van der Waals surface area contributed by atoms with Gasteiger partial charge < -0.3 is 14.7 Å². The van der Waals surface area contributed by atoms with Gasteiger partial charge >= 0.3 is 5.97 Å². The van der Waals surface area contributed by atoms with Gasteiger partial charge in [0.05, 0.1) is 26.2 Å². The molecule has 0 saturated heterocycles. The molecule has 0 saturated carbocycles. The standard InChI is InChI=1S/C6H14N2O5/c7-12-2-1-11-4-5(13-8)3-6(9)10/h5H,1-4,7-8H2,(H,9,10). The zero-order valence-corrected chi connectivity index (χ0v) is 7.14. The van der Waals surface area contributed by atoms with E-state index in [0.717, 1.165) is 0 Å². The quantitative estimate of drug-likeness (QED) is 0.322. The van der Waals surface area contributed by atoms with Crippen molar-refractivity contribution in [2.24, 2.45) is 11.8 Å². The van der Waals surface area contributed by atoms with E-state index in [4.69, 9.17) is 21.6 Å². The summed E-state index contributed by atoms with van der Waals surface area (Å²) in [7, 11) is 0. The van der Waals surface area contributed by atoms with Crippen LogP contribution in [0.5, 0.6) is 0 Å². The number of carboxylic acids is 1. The molecule has 13 heavy (non-hydrogen) atoms. The molecule has 0 radical (unpaired) electrons. The van der Waals surface area contributed by atoms with Crippen molar-refractivity contribution < 1.29 is 24.3 Å². The highest BCUT2D eigenvalue weighted by molar-refractivity contribution is 5.67. The number of carboxylic acid groups (broad SMARTS) is 1. The molecule has 0 amide bonds. The van der Waals surface area contributed by atoms with Crippen LogP contribution in [0.4, 0.5) is 0 Å². The average molecular weight is 194 g/mol. The third-order valence-electron chi connectivity index (χ3n) is 1.24. The number of ether oxygens (including phenoxy) is 1. The largest absolute Gasteiger partial charge is 0.481 e. The third-order valence-corrected chi connectivity index (χ3v) is 1.24. The summed E-state index contributed by atoms with van der Waals surface area (Å²) in [5, 5.41) is 8.38. The van der Waals surface area contributed by atoms with E-state index in [1.54, 1.807) is 0 Å². The van der Waals surface area contributed by atoms with Crippen molar-refractivity contribution in [3.05, 3.63) is 0 Å². The van der Waals surface area contributed by atoms with Crippen LogP contribution in [-0.2, 0) is 19.2 Å². The van der Waals surface area contributed by atoms with Crippen molar-refractivity contribution in [2.45, 2.75) is 12.5 Å². The number of rotatable bonds is 8. The van der Waals surface area contributed by atoms with Gasteiger partial charge in [0.1, 0.15) is 6.10 Å². The molecule has 0 fully saturated rings. The third kappa shape index (κ3) is 7.62. The van der Waals surface area contributed by atoms with Gasteiger partial charge in [-0.05, 0) is 0 Å². The maximum absolute atomic E-state index is 10.2. The van der Waals surface area contributed by atoms with Gasteiger partial charge in [0.25, 0.3) is 0 Å². The van der Waals surface area contributed by atoms with Gasteiger partial charge in [-0.2, -0.15) is 0 Å². The minimum Gasteiger partial charge on any atom is -0.481 e. The van der Waals surface area contributed by atoms with Crippen molar-refractivity contribution in [3.8, 4) is 0 Å². The van der Waals surface area contributed by atoms with Crippen LogP contribution in [-0.4, -0.2) is 37.0 Å². The Morgan fingerprint density at radius 2 is 2.08 bits per heavy atom. The highest BCUT2D eigenvalue weighted by Crippen LogP contribution is 1.96. The van der Waals surface area contributed by atoms with Gasteiger partial charge in [0, 0.05) is 0 Å². The first-order chi connectivity index (χ1) is 6.20. The Labute approximate surface area is 75.4 Å². The first-order valence-electron chi connectivity index (χ1n) is 3.67. The summed E-state index contributed by atoms with van der Waals surface area (Å²) in [6.45, 7) is 0.618. The van der Waals surface area contributed by atoms with E-state index in [1.807, 2.05) is 0 Å². The molecule has 0 aromatic rings. The average Bonchev–Trinajstić information content (AvgIpc) is 2.09. The van der Waals surface area contributed by atoms with Crippen LogP contribution in [0.2, 0.25) is 0 Å². The number of aliphatic carboxylic acids is 1. The van der Waals surface area contributed by atoms with Crippen molar-refractivity contribution >= 4 is 5.97 Å². The maximum Gasteiger partial charge on any atom is 0.306 e. The monoisotopic (exact) mass is 194 g/mol. The number of hydrogen-bond donors (Lipinski definition) is 3. The zero-order chi connectivity index (χ0) is 10.1. The van der Waals surface area contributed by atoms with Gasteiger partial charge in [-0.25, -0.2) is 11.8 Å². The molecular formula is C6H14N2O5. The van der Waals surface area contributed by atoms with Gasteiger partial charge in [-0.15, -0.1) is 0 Å². The minimum atomic E-state index is -0.992. The van der Waals surface area contributed by atoms with Gasteiger partial charge in [-0.3, -0.25) is 9.63 Å². The highest BCUT2D eigenvalue weighted by Gasteiger charge is 2.12. The Morgan fingerprint density at radius 1 is 1.38 bits per heavy atom. The summed E-state index contributed by atoms with van der Waals surface area (Å²) >= 11 is 0. The summed E-state index contributed by atoms with van der Waals surface area (Å²) in [5.41, 5.74) is 0. The Morgan fingerprint density at radius 3 is 2.54 bits per heavy atom. The molecule has 1 unspecified atom stereocenters. The Hall–Kier alpha value is -0.730. The van der Waals surface area contributed by atoms with E-state index in [9.17, 15) is 4.79 Å². The lowest BCUT2D eigenvalue weighted by molar-refractivity contribution is -0.142. The lowest BCUT2D eigenvalue weighted by atomic mass is 10.3. The first-order valence-corrected chi connectivity index (χ1v) is 3.67. The Bertz CT molecular complexity index is 143. The zero-order valence-electron chi connectivity index (χ0n) is 7.14. The molecule has 7 heteroatoms. The van der Waals surface area contributed by atoms with Gasteiger partial charge in [0.15, 0.2) is 0 Å². The predicted octanol–water partition coefficient (Wildman–Crippen LogP) is -1.37. The van der Waals surface area contributed by atoms with Crippen molar-refractivity contribution in [1.82, 2.24) is 0 Å². The van der Waals surface area contributed by atoms with Crippen LogP contribution in [0, 0.1) is 0 Å². The molecule has 0 spiro atoms. The SMILES string of the molecule is NOCCOCC(CC(=O)O)ON. The van der Waals surface area contributed by atoms with Crippen LogP contribution < -0.4 is 11.8 Å². The molecule has 7 nitrogen and oxygen atoms in total. The molecule has 0 aliphatic rings. The van der Waals surface area contributed by atoms with Gasteiger partial charge in [0.2, 0.25) is 0 Å². The molecule has 0 aliphatic carbocycles. The smallest absolute Gasteiger partial charge is 0.306 e. The second-order valence-corrected chi connectivity index (χ2v) is 2.30. The predicted molar refractivity (Wildman–Crippen MR) is 42.3 cm³/mol. The molecule has 0 aromatic carbocycles. The summed E-state index contributed by atoms with van der Waals surface area (Å²) in [5.74, 6) is 8.57. The Balaban J connectivity index is 3.42. The van der Waals surface area contributed by atoms with E-state index in [0.29, 0.717) is 0 Å². The highest BCUT2D eigenvalue weighted by atomic mass is 16.6. The fourth-order valence-electron chi connectivity index (χ4n) is 0.663. The molecule has 0 aliphatic heterocycles. The topological polar surface area (TPSA) is 117 Å². The summed E-state index contributed by atoms with van der Waals surface area (Å²) in [4.78, 5) is 18.8. The maximum atomic E-state index is 10.2. The molecule has 78 valence electrons. The number of nitrogens with two attached hydrogens (primary N) is 2. The summed E-state index contributed by atoms with van der Waals surface area (Å²) < 4.78 is 4.95. The van der Waals surface area contributed by atoms with Crippen LogP contribution in [0.15, 0.2) is 0 Å². The lowest BCUT2D eigenvalue weighted by Crippen LogP contribution is -2.27. The minimum absolute atomic E-state index is 0.103. The molecule has 0 aromatic heterocycles. The van der Waals surface area contributed by atoms with Crippen molar-refractivity contribution in [3.63, 3.8) is 0 Å². The van der Waals surface area contributed by atoms with Crippen LogP contribution in [0.1, 0.15) is 6.42 Å². The fraction of sp³-hybridized carbons (Fsp3) is 0.833. The summed E-state index contributed by atoms with van der Waals surface area (Å²) in [6.07, 6.45) is -0.838. The Kier molecular flexibility index (Phi) is 7.45. The van der Waals surface area contributed by atoms with E-state index in [-0.39, 0.29) is 26.2 Å². The fourth-order valence-corrected chi connectivity index (χ4v) is 0.663. The van der Waals surface area contributed by atoms with Crippen LogP contribution in [0.25, 0.3) is 0 Å².